The fourth-order valence-corrected chi connectivity index (χ4v) is 1.90. The second-order valence-electron chi connectivity index (χ2n) is 3.26. The molecule has 0 aliphatic carbocycles. The summed E-state index contributed by atoms with van der Waals surface area (Å²) in [6.07, 6.45) is 4.28. The molecule has 14 heavy (non-hydrogen) atoms. The van der Waals surface area contributed by atoms with Crippen molar-refractivity contribution in [2.24, 2.45) is 5.73 Å². The number of carbonyl (C=O) groups excluding carboxylic acids is 1. The van der Waals surface area contributed by atoms with Crippen LogP contribution in [0.5, 0.6) is 0 Å². The lowest BCUT2D eigenvalue weighted by atomic mass is 10.0. The fraction of sp³-hybridized carbons (Fsp3) is 0.333. The molecule has 0 radical (unpaired) electrons. The Morgan fingerprint density at radius 2 is 2.43 bits per heavy atom. The molecule has 1 aromatic heterocycles. The molecule has 74 valence electrons. The Morgan fingerprint density at radius 3 is 2.93 bits per heavy atom. The van der Waals surface area contributed by atoms with Crippen molar-refractivity contribution < 1.29 is 4.79 Å². The molecule has 1 atom stereocenters. The van der Waals surface area contributed by atoms with Crippen LogP contribution >= 0.6 is 15.9 Å². The van der Waals surface area contributed by atoms with Crippen LogP contribution in [0, 0.1) is 0 Å². The number of primary amides is 1. The van der Waals surface area contributed by atoms with E-state index in [2.05, 4.69) is 20.9 Å². The molecule has 0 spiro atoms. The van der Waals surface area contributed by atoms with Crippen LogP contribution < -0.4 is 10.6 Å². The third kappa shape index (κ3) is 1.59. The van der Waals surface area contributed by atoms with Gasteiger partial charge in [0, 0.05) is 17.2 Å². The number of aromatic nitrogens is 1. The maximum Gasteiger partial charge on any atom is 0.240 e. The van der Waals surface area contributed by atoms with E-state index in [4.69, 9.17) is 5.73 Å². The average molecular weight is 256 g/mol. The molecule has 2 N–H and O–H groups in total. The van der Waals surface area contributed by atoms with Crippen LogP contribution in [0.2, 0.25) is 0 Å². The molecule has 1 unspecified atom stereocenters. The van der Waals surface area contributed by atoms with Gasteiger partial charge in [-0.15, -0.1) is 0 Å². The van der Waals surface area contributed by atoms with Crippen LogP contribution in [0.4, 0.5) is 5.69 Å². The summed E-state index contributed by atoms with van der Waals surface area (Å²) in [5.41, 5.74) is 6.19. The molecule has 0 saturated carbocycles. The van der Waals surface area contributed by atoms with Crippen LogP contribution in [0.25, 0.3) is 0 Å². The summed E-state index contributed by atoms with van der Waals surface area (Å²) < 4.78 is 0.908. The Hall–Kier alpha value is -1.10. The number of halogens is 1. The largest absolute Gasteiger partial charge is 0.368 e. The minimum atomic E-state index is -0.267. The van der Waals surface area contributed by atoms with Crippen LogP contribution in [0.15, 0.2) is 22.9 Å². The van der Waals surface area contributed by atoms with Gasteiger partial charge in [0.1, 0.15) is 6.04 Å². The summed E-state index contributed by atoms with van der Waals surface area (Å²) in [4.78, 5) is 17.0. The molecule has 0 aromatic carbocycles. The number of anilines is 1. The lowest BCUT2D eigenvalue weighted by Crippen LogP contribution is -2.55. The summed E-state index contributed by atoms with van der Waals surface area (Å²) in [6, 6.07) is 1.77. The van der Waals surface area contributed by atoms with Gasteiger partial charge in [-0.1, -0.05) is 0 Å². The maximum atomic E-state index is 11.0. The van der Waals surface area contributed by atoms with Gasteiger partial charge in [0.15, 0.2) is 0 Å². The summed E-state index contributed by atoms with van der Waals surface area (Å²) in [5, 5.41) is 0. The van der Waals surface area contributed by atoms with Crippen molar-refractivity contribution in [2.45, 2.75) is 12.5 Å². The zero-order valence-electron chi connectivity index (χ0n) is 7.48. The predicted molar refractivity (Wildman–Crippen MR) is 56.9 cm³/mol. The van der Waals surface area contributed by atoms with E-state index in [0.29, 0.717) is 0 Å². The lowest BCUT2D eigenvalue weighted by Gasteiger charge is -2.40. The molecule has 1 amide bonds. The van der Waals surface area contributed by atoms with E-state index < -0.39 is 0 Å². The third-order valence-corrected chi connectivity index (χ3v) is 2.80. The molecular formula is C9H10BrN3O. The zero-order chi connectivity index (χ0) is 10.1. The lowest BCUT2D eigenvalue weighted by molar-refractivity contribution is -0.120. The number of nitrogens with two attached hydrogens (primary N) is 1. The van der Waals surface area contributed by atoms with Crippen molar-refractivity contribution in [3.8, 4) is 0 Å². The number of hydrogen-bond acceptors (Lipinski definition) is 3. The van der Waals surface area contributed by atoms with Gasteiger partial charge < -0.3 is 10.6 Å². The van der Waals surface area contributed by atoms with E-state index in [9.17, 15) is 4.79 Å². The smallest absolute Gasteiger partial charge is 0.240 e. The van der Waals surface area contributed by atoms with Gasteiger partial charge in [0.2, 0.25) is 5.91 Å². The van der Waals surface area contributed by atoms with E-state index in [-0.39, 0.29) is 11.9 Å². The molecule has 1 aliphatic heterocycles. The normalized spacial score (nSPS) is 20.4. The number of carbonyl (C=O) groups is 1. The number of nitrogens with zero attached hydrogens (tertiary/aromatic N) is 2. The van der Waals surface area contributed by atoms with Crippen molar-refractivity contribution in [1.29, 1.82) is 0 Å². The molecule has 0 bridgehead atoms. The standard InChI is InChI=1S/C9H10BrN3O/c10-6-3-7(5-12-4-6)13-2-1-8(13)9(11)14/h3-5,8H,1-2H2,(H2,11,14). The van der Waals surface area contributed by atoms with E-state index in [1.54, 1.807) is 12.4 Å². The van der Waals surface area contributed by atoms with Crippen LogP contribution in [0.1, 0.15) is 6.42 Å². The van der Waals surface area contributed by atoms with Gasteiger partial charge in [0.05, 0.1) is 11.9 Å². The monoisotopic (exact) mass is 255 g/mol. The van der Waals surface area contributed by atoms with Gasteiger partial charge in [0.25, 0.3) is 0 Å². The molecule has 5 heteroatoms. The highest BCUT2D eigenvalue weighted by Crippen LogP contribution is 2.27. The predicted octanol–water partition coefficient (Wildman–Crippen LogP) is 0.908. The molecular weight excluding hydrogens is 246 g/mol. The van der Waals surface area contributed by atoms with Crippen LogP contribution in [-0.4, -0.2) is 23.5 Å². The Kier molecular flexibility index (Phi) is 2.41. The number of pyridine rings is 1. The highest BCUT2D eigenvalue weighted by Gasteiger charge is 2.32. The molecule has 1 fully saturated rings. The maximum absolute atomic E-state index is 11.0. The molecule has 2 heterocycles. The van der Waals surface area contributed by atoms with Gasteiger partial charge in [-0.3, -0.25) is 9.78 Å². The quantitative estimate of drug-likeness (QED) is 0.855. The minimum Gasteiger partial charge on any atom is -0.368 e. The number of hydrogen-bond donors (Lipinski definition) is 1. The highest BCUT2D eigenvalue weighted by atomic mass is 79.9. The van der Waals surface area contributed by atoms with Crippen molar-refractivity contribution in [2.75, 3.05) is 11.4 Å². The Balaban J connectivity index is 2.20. The van der Waals surface area contributed by atoms with Gasteiger partial charge >= 0.3 is 0 Å². The van der Waals surface area contributed by atoms with E-state index in [1.807, 2.05) is 11.0 Å². The summed E-state index contributed by atoms with van der Waals surface area (Å²) >= 11 is 3.34. The van der Waals surface area contributed by atoms with Crippen molar-refractivity contribution >= 4 is 27.5 Å². The third-order valence-electron chi connectivity index (χ3n) is 2.37. The summed E-state index contributed by atoms with van der Waals surface area (Å²) in [6.45, 7) is 0.867. The van der Waals surface area contributed by atoms with Gasteiger partial charge in [-0.05, 0) is 28.4 Å². The molecule has 1 saturated heterocycles. The second-order valence-corrected chi connectivity index (χ2v) is 4.18. The molecule has 1 aromatic rings. The van der Waals surface area contributed by atoms with Crippen LogP contribution in [0.3, 0.4) is 0 Å². The first-order chi connectivity index (χ1) is 6.68. The summed E-state index contributed by atoms with van der Waals surface area (Å²) in [5.74, 6) is -0.267. The highest BCUT2D eigenvalue weighted by molar-refractivity contribution is 9.10. The second kappa shape index (κ2) is 3.57. The minimum absolute atomic E-state index is 0.161. The van der Waals surface area contributed by atoms with E-state index >= 15 is 0 Å². The van der Waals surface area contributed by atoms with E-state index in [0.717, 1.165) is 23.1 Å². The number of rotatable bonds is 2. The first-order valence-electron chi connectivity index (χ1n) is 4.35. The fourth-order valence-electron chi connectivity index (χ4n) is 1.55. The number of amides is 1. The van der Waals surface area contributed by atoms with Gasteiger partial charge in [-0.2, -0.15) is 0 Å². The molecule has 4 nitrogen and oxygen atoms in total. The van der Waals surface area contributed by atoms with E-state index in [1.165, 1.54) is 0 Å². The summed E-state index contributed by atoms with van der Waals surface area (Å²) in [7, 11) is 0. The van der Waals surface area contributed by atoms with Gasteiger partial charge in [-0.25, -0.2) is 0 Å². The topological polar surface area (TPSA) is 59.2 Å². The zero-order valence-corrected chi connectivity index (χ0v) is 9.07. The average Bonchev–Trinajstić information content (AvgIpc) is 2.00. The first kappa shape index (κ1) is 9.45. The Labute approximate surface area is 90.2 Å². The van der Waals surface area contributed by atoms with Crippen molar-refractivity contribution in [3.05, 3.63) is 22.9 Å². The first-order valence-corrected chi connectivity index (χ1v) is 5.14. The Bertz CT molecular complexity index is 369. The van der Waals surface area contributed by atoms with Crippen molar-refractivity contribution in [3.63, 3.8) is 0 Å². The SMILES string of the molecule is NC(=O)C1CCN1c1cncc(Br)c1. The Morgan fingerprint density at radius 1 is 1.64 bits per heavy atom. The van der Waals surface area contributed by atoms with Crippen molar-refractivity contribution in [1.82, 2.24) is 4.98 Å². The molecule has 2 rings (SSSR count). The van der Waals surface area contributed by atoms with Crippen LogP contribution in [-0.2, 0) is 4.79 Å². The molecule has 1 aliphatic rings.